The Balaban J connectivity index is 2.29. The molecule has 0 saturated carbocycles. The highest BCUT2D eigenvalue weighted by Gasteiger charge is 2.21. The number of nitrogens with two attached hydrogens (primary N) is 1. The number of hydrogen-bond donors (Lipinski definition) is 1. The molecule has 96 valence electrons. The highest BCUT2D eigenvalue weighted by atomic mass is 16.5. The van der Waals surface area contributed by atoms with Crippen LogP contribution in [0.5, 0.6) is 0 Å². The Morgan fingerprint density at radius 3 is 2.78 bits per heavy atom. The lowest BCUT2D eigenvalue weighted by molar-refractivity contribution is -0.119. The van der Waals surface area contributed by atoms with Crippen molar-refractivity contribution in [2.24, 2.45) is 0 Å². The first kappa shape index (κ1) is 12.4. The fourth-order valence-electron chi connectivity index (χ4n) is 2.11. The minimum atomic E-state index is -0.432. The predicted molar refractivity (Wildman–Crippen MR) is 68.4 cm³/mol. The van der Waals surface area contributed by atoms with Gasteiger partial charge in [0.1, 0.15) is 0 Å². The zero-order valence-electron chi connectivity index (χ0n) is 10.3. The van der Waals surface area contributed by atoms with E-state index >= 15 is 0 Å². The van der Waals surface area contributed by atoms with Crippen LogP contribution in [0.1, 0.15) is 29.6 Å². The van der Waals surface area contributed by atoms with Crippen LogP contribution >= 0.6 is 0 Å². The van der Waals surface area contributed by atoms with Gasteiger partial charge in [0.05, 0.1) is 24.0 Å². The molecule has 0 aromatic heterocycles. The lowest BCUT2D eigenvalue weighted by atomic mass is 10.1. The molecular formula is C13H16N2O3. The molecule has 0 aliphatic carbocycles. The number of piperidine rings is 1. The molecule has 0 bridgehead atoms. The number of nitrogens with zero attached hydrogens (tertiary/aromatic N) is 1. The van der Waals surface area contributed by atoms with Crippen LogP contribution in [-0.4, -0.2) is 25.5 Å². The van der Waals surface area contributed by atoms with Crippen LogP contribution in [-0.2, 0) is 9.53 Å². The first-order valence-corrected chi connectivity index (χ1v) is 5.91. The number of carbonyl (C=O) groups excluding carboxylic acids is 2. The second kappa shape index (κ2) is 5.08. The van der Waals surface area contributed by atoms with Crippen molar-refractivity contribution in [1.29, 1.82) is 0 Å². The maximum atomic E-state index is 11.8. The fourth-order valence-corrected chi connectivity index (χ4v) is 2.11. The number of benzene rings is 1. The molecule has 1 fully saturated rings. The van der Waals surface area contributed by atoms with Crippen LogP contribution in [0.3, 0.4) is 0 Å². The monoisotopic (exact) mass is 248 g/mol. The van der Waals surface area contributed by atoms with Crippen LogP contribution in [0.15, 0.2) is 18.2 Å². The van der Waals surface area contributed by atoms with Gasteiger partial charge in [-0.15, -0.1) is 0 Å². The molecular weight excluding hydrogens is 232 g/mol. The number of anilines is 2. The molecule has 1 amide bonds. The van der Waals surface area contributed by atoms with Crippen molar-refractivity contribution in [3.05, 3.63) is 23.8 Å². The average Bonchev–Trinajstić information content (AvgIpc) is 2.39. The number of hydrogen-bond acceptors (Lipinski definition) is 4. The summed E-state index contributed by atoms with van der Waals surface area (Å²) in [5.74, 6) is -0.350. The van der Waals surface area contributed by atoms with E-state index in [1.54, 1.807) is 23.1 Å². The molecule has 2 N–H and O–H groups in total. The van der Waals surface area contributed by atoms with E-state index in [1.165, 1.54) is 7.11 Å². The lowest BCUT2D eigenvalue weighted by Crippen LogP contribution is -2.35. The maximum absolute atomic E-state index is 11.8. The molecule has 0 atom stereocenters. The first-order chi connectivity index (χ1) is 8.63. The zero-order valence-corrected chi connectivity index (χ0v) is 10.3. The summed E-state index contributed by atoms with van der Waals surface area (Å²) >= 11 is 0. The molecule has 1 aliphatic rings. The third-order valence-corrected chi connectivity index (χ3v) is 3.06. The van der Waals surface area contributed by atoms with Gasteiger partial charge in [-0.2, -0.15) is 0 Å². The van der Waals surface area contributed by atoms with Crippen molar-refractivity contribution in [2.75, 3.05) is 24.3 Å². The Hall–Kier alpha value is -2.04. The smallest absolute Gasteiger partial charge is 0.337 e. The highest BCUT2D eigenvalue weighted by molar-refractivity contribution is 5.98. The van der Waals surface area contributed by atoms with Crippen molar-refractivity contribution >= 4 is 23.3 Å². The van der Waals surface area contributed by atoms with Crippen molar-refractivity contribution in [2.45, 2.75) is 19.3 Å². The van der Waals surface area contributed by atoms with E-state index in [0.717, 1.165) is 12.8 Å². The minimum absolute atomic E-state index is 0.0822. The number of amides is 1. The molecule has 1 aromatic rings. The summed E-state index contributed by atoms with van der Waals surface area (Å²) in [7, 11) is 1.32. The SMILES string of the molecule is COC(=O)c1ccc(N2CCCCC2=O)c(N)c1. The van der Waals surface area contributed by atoms with Gasteiger partial charge in [0, 0.05) is 13.0 Å². The molecule has 1 aliphatic heterocycles. The van der Waals surface area contributed by atoms with E-state index in [0.29, 0.717) is 29.9 Å². The van der Waals surface area contributed by atoms with Crippen molar-refractivity contribution in [1.82, 2.24) is 0 Å². The minimum Gasteiger partial charge on any atom is -0.465 e. The van der Waals surface area contributed by atoms with E-state index in [-0.39, 0.29) is 5.91 Å². The molecule has 5 nitrogen and oxygen atoms in total. The second-order valence-corrected chi connectivity index (χ2v) is 4.27. The zero-order chi connectivity index (χ0) is 13.1. The van der Waals surface area contributed by atoms with Crippen LogP contribution in [0.4, 0.5) is 11.4 Å². The van der Waals surface area contributed by atoms with Gasteiger partial charge < -0.3 is 15.4 Å². The normalized spacial score (nSPS) is 15.6. The number of carbonyl (C=O) groups is 2. The molecule has 0 spiro atoms. The summed E-state index contributed by atoms with van der Waals surface area (Å²) in [4.78, 5) is 24.8. The predicted octanol–water partition coefficient (Wildman–Crippen LogP) is 1.57. The number of nitrogen functional groups attached to an aromatic ring is 1. The largest absolute Gasteiger partial charge is 0.465 e. The number of methoxy groups -OCH3 is 1. The van der Waals surface area contributed by atoms with Gasteiger partial charge in [-0.05, 0) is 31.0 Å². The Labute approximate surface area is 106 Å². The lowest BCUT2D eigenvalue weighted by Gasteiger charge is -2.28. The number of rotatable bonds is 2. The second-order valence-electron chi connectivity index (χ2n) is 4.27. The van der Waals surface area contributed by atoms with E-state index in [4.69, 9.17) is 5.73 Å². The van der Waals surface area contributed by atoms with Gasteiger partial charge in [0.2, 0.25) is 5.91 Å². The van der Waals surface area contributed by atoms with Crippen molar-refractivity contribution in [3.8, 4) is 0 Å². The molecule has 1 heterocycles. The fraction of sp³-hybridized carbons (Fsp3) is 0.385. The molecule has 0 unspecified atom stereocenters. The Morgan fingerprint density at radius 1 is 1.39 bits per heavy atom. The van der Waals surface area contributed by atoms with Crippen molar-refractivity contribution in [3.63, 3.8) is 0 Å². The van der Waals surface area contributed by atoms with E-state index < -0.39 is 5.97 Å². The summed E-state index contributed by atoms with van der Waals surface area (Å²) in [6.45, 7) is 0.681. The Bertz CT molecular complexity index is 485. The summed E-state index contributed by atoms with van der Waals surface area (Å²) in [6, 6.07) is 4.87. The molecule has 2 rings (SSSR count). The summed E-state index contributed by atoms with van der Waals surface area (Å²) in [6.07, 6.45) is 2.46. The van der Waals surface area contributed by atoms with Gasteiger partial charge in [0.15, 0.2) is 0 Å². The van der Waals surface area contributed by atoms with Gasteiger partial charge in [0.25, 0.3) is 0 Å². The highest BCUT2D eigenvalue weighted by Crippen LogP contribution is 2.28. The maximum Gasteiger partial charge on any atom is 0.337 e. The third-order valence-electron chi connectivity index (χ3n) is 3.06. The molecule has 1 aromatic carbocycles. The van der Waals surface area contributed by atoms with Crippen LogP contribution < -0.4 is 10.6 Å². The first-order valence-electron chi connectivity index (χ1n) is 5.91. The van der Waals surface area contributed by atoms with E-state index in [9.17, 15) is 9.59 Å². The van der Waals surface area contributed by atoms with Gasteiger partial charge >= 0.3 is 5.97 Å². The van der Waals surface area contributed by atoms with Gasteiger partial charge in [-0.25, -0.2) is 4.79 Å². The van der Waals surface area contributed by atoms with Gasteiger partial charge in [-0.1, -0.05) is 0 Å². The van der Waals surface area contributed by atoms with E-state index in [1.807, 2.05) is 0 Å². The topological polar surface area (TPSA) is 72.6 Å². The molecule has 1 saturated heterocycles. The van der Waals surface area contributed by atoms with E-state index in [2.05, 4.69) is 4.74 Å². The Kier molecular flexibility index (Phi) is 3.50. The molecule has 18 heavy (non-hydrogen) atoms. The van der Waals surface area contributed by atoms with Crippen molar-refractivity contribution < 1.29 is 14.3 Å². The molecule has 0 radical (unpaired) electrons. The quantitative estimate of drug-likeness (QED) is 0.637. The average molecular weight is 248 g/mol. The Morgan fingerprint density at radius 2 is 2.17 bits per heavy atom. The standard InChI is InChI=1S/C13H16N2O3/c1-18-13(17)9-5-6-11(10(14)8-9)15-7-3-2-4-12(15)16/h5-6,8H,2-4,7,14H2,1H3. The number of ether oxygens (including phenoxy) is 1. The summed E-state index contributed by atoms with van der Waals surface area (Å²) < 4.78 is 4.62. The van der Waals surface area contributed by atoms with Crippen LogP contribution in [0, 0.1) is 0 Å². The van der Waals surface area contributed by atoms with Crippen LogP contribution in [0.2, 0.25) is 0 Å². The van der Waals surface area contributed by atoms with Crippen LogP contribution in [0.25, 0.3) is 0 Å². The molecule has 5 heteroatoms. The summed E-state index contributed by atoms with van der Waals surface area (Å²) in [5, 5.41) is 0. The third kappa shape index (κ3) is 2.30. The summed E-state index contributed by atoms with van der Waals surface area (Å²) in [5.41, 5.74) is 7.39. The van der Waals surface area contributed by atoms with Gasteiger partial charge in [-0.3, -0.25) is 4.79 Å². The number of esters is 1.